The number of imidazole rings is 1. The molecule has 26 nitrogen and oxygen atoms in total. The fraction of sp³-hybridized carbons (Fsp3) is 0.756. The Kier molecular flexibility index (Phi) is 18.5. The second kappa shape index (κ2) is 23.3. The van der Waals surface area contributed by atoms with Crippen molar-refractivity contribution < 1.29 is 90.4 Å². The van der Waals surface area contributed by atoms with Crippen molar-refractivity contribution in [2.75, 3.05) is 37.8 Å². The van der Waals surface area contributed by atoms with Crippen LogP contribution in [-0.4, -0.2) is 140 Å². The summed E-state index contributed by atoms with van der Waals surface area (Å²) in [6.45, 7) is 7.33. The summed E-state index contributed by atoms with van der Waals surface area (Å²) < 4.78 is 62.7. The largest absolute Gasteiger partial charge is 0.481 e. The summed E-state index contributed by atoms with van der Waals surface area (Å²) >= 11 is 1.13. The van der Waals surface area contributed by atoms with Crippen molar-refractivity contribution in [2.24, 2.45) is 45.8 Å². The van der Waals surface area contributed by atoms with Crippen molar-refractivity contribution in [1.29, 1.82) is 0 Å². The van der Waals surface area contributed by atoms with Gasteiger partial charge in [0.15, 0.2) is 28.6 Å². The number of allylic oxidation sites excluding steroid dienone is 1. The maximum Gasteiger partial charge on any atom is 0.481 e. The molecule has 4 fully saturated rings. The summed E-state index contributed by atoms with van der Waals surface area (Å²) in [4.78, 5) is 103. The van der Waals surface area contributed by atoms with E-state index in [1.807, 2.05) is 6.08 Å². The number of aromatic nitrogens is 4. The molecule has 4 aliphatic carbocycles. The summed E-state index contributed by atoms with van der Waals surface area (Å²) in [6, 6.07) is 0. The average Bonchev–Trinajstić information content (AvgIpc) is 4.01. The summed E-state index contributed by atoms with van der Waals surface area (Å²) in [7, 11) is -16.5. The fourth-order valence-corrected chi connectivity index (χ4v) is 15.8. The number of nitrogen functional groups attached to an aromatic ring is 1. The molecule has 5 aliphatic rings. The number of thioether (sulfide) groups is 1. The minimum Gasteiger partial charge on any atom is -0.393 e. The van der Waals surface area contributed by atoms with Crippen LogP contribution in [-0.2, 0) is 55.5 Å². The lowest BCUT2D eigenvalue weighted by Gasteiger charge is -2.57. The Hall–Kier alpha value is -3.07. The van der Waals surface area contributed by atoms with E-state index in [4.69, 9.17) is 19.5 Å². The lowest BCUT2D eigenvalue weighted by Crippen LogP contribution is -2.53. The van der Waals surface area contributed by atoms with Gasteiger partial charge in [0, 0.05) is 43.0 Å². The summed E-state index contributed by atoms with van der Waals surface area (Å²) in [5.41, 5.74) is 5.38. The van der Waals surface area contributed by atoms with Crippen molar-refractivity contribution in [1.82, 2.24) is 30.2 Å². The molecule has 3 saturated carbocycles. The van der Waals surface area contributed by atoms with Crippen LogP contribution in [0.5, 0.6) is 0 Å². The van der Waals surface area contributed by atoms with Crippen LogP contribution in [0.4, 0.5) is 5.82 Å². The predicted molar refractivity (Wildman–Crippen MR) is 267 cm³/mol. The number of aliphatic hydroxyl groups excluding tert-OH is 3. The van der Waals surface area contributed by atoms with Crippen LogP contribution in [0.15, 0.2) is 24.3 Å². The zero-order chi connectivity index (χ0) is 55.1. The minimum atomic E-state index is -5.60. The molecule has 75 heavy (non-hydrogen) atoms. The van der Waals surface area contributed by atoms with Crippen LogP contribution >= 0.6 is 35.2 Å². The van der Waals surface area contributed by atoms with Gasteiger partial charge in [-0.25, -0.2) is 28.6 Å². The number of hydrogen-bond acceptors (Lipinski definition) is 20. The van der Waals surface area contributed by atoms with Crippen LogP contribution in [0.25, 0.3) is 11.2 Å². The maximum atomic E-state index is 13.7. The van der Waals surface area contributed by atoms with Crippen molar-refractivity contribution in [2.45, 2.75) is 136 Å². The number of nitrogens with zero attached hydrogens (tertiary/aromatic N) is 4. The van der Waals surface area contributed by atoms with Gasteiger partial charge in [0.05, 0.1) is 25.6 Å². The molecule has 2 aromatic heterocycles. The third-order valence-electron chi connectivity index (χ3n) is 16.2. The Balaban J connectivity index is 0.781. The molecule has 11 N–H and O–H groups in total. The van der Waals surface area contributed by atoms with Gasteiger partial charge in [-0.1, -0.05) is 52.0 Å². The van der Waals surface area contributed by atoms with E-state index < -0.39 is 84.6 Å². The molecule has 0 bridgehead atoms. The third-order valence-corrected chi connectivity index (χ3v) is 20.3. The van der Waals surface area contributed by atoms with Gasteiger partial charge in [0.2, 0.25) is 11.8 Å². The summed E-state index contributed by atoms with van der Waals surface area (Å²) in [5.74, 6) is 0.425. The number of carbonyl (C=O) groups is 4. The highest BCUT2D eigenvalue weighted by molar-refractivity contribution is 8.13. The molecule has 1 saturated heterocycles. The number of ether oxygens (including phenoxy) is 1. The molecule has 15 atom stereocenters. The number of carbonyl (C=O) groups excluding carboxylic acids is 4. The van der Waals surface area contributed by atoms with Crippen molar-refractivity contribution in [3.05, 3.63) is 24.3 Å². The predicted octanol–water partition coefficient (Wildman–Crippen LogP) is 3.20. The number of nitrogens with one attached hydrogen (secondary N) is 2. The Morgan fingerprint density at radius 1 is 0.973 bits per heavy atom. The standard InChI is InChI=1S/C45H70N7O19P3S/c1-24(27-7-8-28-34-29(11-14-45(27,28)5)44(4)13-10-26(53)18-25(44)19-30(34)54)6-9-33(56)75-17-16-47-32(55)12-15-48-41(59)38(58)43(2,3)21-68-74(65,66)71-73(63,64)67-20-31-37(70-72(60,61)62)36(57)42(69-31)52-23-51-35-39(46)49-22-50-40(35)52/h19,22-24,26-29,31,34,36-38,42,53,57-58H,6-18,20-21H2,1-5H3,(H,47,55)(H,48,59)(H,63,64)(H,65,66)(H2,46,49,50)(H2,60,61,62)/t24-,26+,27-,28+,29+,31-,34+,36-,37-,38+,42-,44+,45-/m1/s1. The van der Waals surface area contributed by atoms with Gasteiger partial charge >= 0.3 is 23.5 Å². The maximum absolute atomic E-state index is 13.7. The van der Waals surface area contributed by atoms with Gasteiger partial charge in [-0.2, -0.15) is 4.31 Å². The van der Waals surface area contributed by atoms with Crippen LogP contribution < -0.4 is 16.4 Å². The Labute approximate surface area is 437 Å². The topological polar surface area (TPSA) is 401 Å². The zero-order valence-electron chi connectivity index (χ0n) is 42.3. The first-order valence-corrected chi connectivity index (χ1v) is 30.4. The zero-order valence-corrected chi connectivity index (χ0v) is 45.8. The number of hydrogen-bond donors (Lipinski definition) is 10. The monoisotopic (exact) mass is 1140 g/mol. The average molecular weight is 1140 g/mol. The van der Waals surface area contributed by atoms with E-state index >= 15 is 0 Å². The van der Waals surface area contributed by atoms with E-state index in [9.17, 15) is 67.8 Å². The molecular weight excluding hydrogens is 1070 g/mol. The second-order valence-electron chi connectivity index (χ2n) is 21.7. The first-order chi connectivity index (χ1) is 34.9. The van der Waals surface area contributed by atoms with Crippen LogP contribution in [0.2, 0.25) is 0 Å². The molecule has 2 amide bonds. The summed E-state index contributed by atoms with van der Waals surface area (Å²) in [5, 5.41) is 37.1. The van der Waals surface area contributed by atoms with Gasteiger partial charge in [-0.15, -0.1) is 0 Å². The molecule has 1 aliphatic heterocycles. The van der Waals surface area contributed by atoms with Crippen molar-refractivity contribution in [3.63, 3.8) is 0 Å². The number of anilines is 1. The number of fused-ring (bicyclic) bond motifs is 6. The van der Waals surface area contributed by atoms with Crippen molar-refractivity contribution in [3.8, 4) is 0 Å². The number of aliphatic hydroxyl groups is 3. The van der Waals surface area contributed by atoms with E-state index in [1.165, 1.54) is 13.8 Å². The number of ketones is 1. The van der Waals surface area contributed by atoms with Gasteiger partial charge in [0.25, 0.3) is 0 Å². The number of rotatable bonds is 23. The third kappa shape index (κ3) is 13.7. The molecule has 0 spiro atoms. The molecule has 2 unspecified atom stereocenters. The molecule has 3 heterocycles. The van der Waals surface area contributed by atoms with E-state index in [0.29, 0.717) is 42.3 Å². The highest BCUT2D eigenvalue weighted by Crippen LogP contribution is 2.67. The van der Waals surface area contributed by atoms with Gasteiger partial charge < -0.3 is 56.0 Å². The molecule has 30 heteroatoms. The first-order valence-electron chi connectivity index (χ1n) is 24.9. The van der Waals surface area contributed by atoms with Gasteiger partial charge in [0.1, 0.15) is 36.3 Å². The molecule has 0 aromatic carbocycles. The minimum absolute atomic E-state index is 0.0103. The normalized spacial score (nSPS) is 32.3. The molecular formula is C45H70N7O19P3S. The highest BCUT2D eigenvalue weighted by Gasteiger charge is 2.61. The van der Waals surface area contributed by atoms with Gasteiger partial charge in [-0.05, 0) is 91.9 Å². The lowest BCUT2D eigenvalue weighted by molar-refractivity contribution is -0.137. The van der Waals surface area contributed by atoms with E-state index in [-0.39, 0.29) is 70.2 Å². The smallest absolute Gasteiger partial charge is 0.393 e. The fourth-order valence-electron chi connectivity index (χ4n) is 12.3. The first kappa shape index (κ1) is 59.6. The Morgan fingerprint density at radius 3 is 2.41 bits per heavy atom. The van der Waals surface area contributed by atoms with Crippen LogP contribution in [0.3, 0.4) is 0 Å². The number of amides is 2. The number of phosphoric ester groups is 3. The number of phosphoric acid groups is 3. The highest BCUT2D eigenvalue weighted by atomic mass is 32.2. The molecule has 420 valence electrons. The number of nitrogens with two attached hydrogens (primary N) is 1. The van der Waals surface area contributed by atoms with Gasteiger partial charge in [-0.3, -0.25) is 37.3 Å². The van der Waals surface area contributed by atoms with E-state index in [2.05, 4.69) is 55.2 Å². The summed E-state index contributed by atoms with van der Waals surface area (Å²) in [6.07, 6.45) is 1.98. The lowest BCUT2D eigenvalue weighted by atomic mass is 9.46. The Bertz CT molecular complexity index is 2640. The Morgan fingerprint density at radius 2 is 1.69 bits per heavy atom. The molecule has 7 rings (SSSR count). The van der Waals surface area contributed by atoms with E-state index in [1.54, 1.807) is 0 Å². The molecule has 0 radical (unpaired) electrons. The van der Waals surface area contributed by atoms with Crippen molar-refractivity contribution >= 4 is 74.9 Å². The van der Waals surface area contributed by atoms with Crippen LogP contribution in [0, 0.1) is 45.8 Å². The quantitative estimate of drug-likeness (QED) is 0.0564. The molecule has 2 aromatic rings. The SMILES string of the molecule is C[C@H](CCC(=O)SCCNC(=O)CCNC(=O)[C@H](O)C(C)(C)COP(=O)(O)OP(=O)(O)OC[C@H]1O[C@@H](n2cnc3c(N)ncnc32)[C@H](O)[C@@H]1OP(=O)(O)O)[C@H]1CC[C@H]2[C@@H]3C(=O)C=C4C[C@@H](O)CC[C@]4(C)[C@H]3CC[C@]12C. The van der Waals surface area contributed by atoms with Crippen LogP contribution in [0.1, 0.15) is 105 Å². The van der Waals surface area contributed by atoms with E-state index in [0.717, 1.165) is 79.5 Å². The second-order valence-corrected chi connectivity index (χ2v) is 27.0.